The number of benzene rings is 3. The molecule has 2 amide bonds. The number of fused-ring (bicyclic) bond motifs is 1. The molecule has 3 aromatic carbocycles. The lowest BCUT2D eigenvalue weighted by Crippen LogP contribution is -2.68. The van der Waals surface area contributed by atoms with Crippen molar-refractivity contribution in [3.8, 4) is 17.6 Å². The second-order valence-corrected chi connectivity index (χ2v) is 9.78. The standard InChI is InChI=1S/C31H32FN3O3/c1-38-27-15-11-23(12-16-27)8-7-22-9-13-24(14-10-22)30-28-20-34(17-2-3-18-35(28)29(30)21-36)31(37)33-26-6-4-5-25(32)19-26/h4-6,9-16,19,28-30,36H,2-3,17-18,20-21H2,1H3,(H,33,37)/t28-,29+,30+/m1/s1. The summed E-state index contributed by atoms with van der Waals surface area (Å²) in [5.41, 5.74) is 3.40. The number of methoxy groups -OCH3 is 1. The second-order valence-electron chi connectivity index (χ2n) is 9.78. The van der Waals surface area contributed by atoms with Gasteiger partial charge in [0.25, 0.3) is 0 Å². The molecular weight excluding hydrogens is 481 g/mol. The van der Waals surface area contributed by atoms with Crippen LogP contribution in [0.2, 0.25) is 0 Å². The Kier molecular flexibility index (Phi) is 7.92. The maximum Gasteiger partial charge on any atom is 0.321 e. The number of hydrogen-bond acceptors (Lipinski definition) is 4. The maximum atomic E-state index is 13.6. The zero-order chi connectivity index (χ0) is 26.5. The lowest BCUT2D eigenvalue weighted by Gasteiger charge is -2.57. The van der Waals surface area contributed by atoms with E-state index in [0.717, 1.165) is 41.8 Å². The molecule has 5 rings (SSSR count). The molecule has 0 radical (unpaired) electrons. The van der Waals surface area contributed by atoms with Crippen LogP contribution in [0, 0.1) is 17.7 Å². The van der Waals surface area contributed by atoms with Crippen LogP contribution in [-0.2, 0) is 0 Å². The van der Waals surface area contributed by atoms with Crippen LogP contribution in [0.3, 0.4) is 0 Å². The number of ether oxygens (including phenoxy) is 1. The van der Waals surface area contributed by atoms with E-state index in [1.165, 1.54) is 12.1 Å². The summed E-state index contributed by atoms with van der Waals surface area (Å²) in [4.78, 5) is 17.2. The molecule has 38 heavy (non-hydrogen) atoms. The summed E-state index contributed by atoms with van der Waals surface area (Å²) in [6.45, 7) is 2.15. The summed E-state index contributed by atoms with van der Waals surface area (Å²) in [6, 6.07) is 21.7. The molecule has 7 heteroatoms. The summed E-state index contributed by atoms with van der Waals surface area (Å²) in [5.74, 6) is 6.91. The van der Waals surface area contributed by atoms with Crippen molar-refractivity contribution in [2.75, 3.05) is 38.7 Å². The Bertz CT molecular complexity index is 1320. The minimum absolute atomic E-state index is 0.0162. The molecule has 2 aliphatic heterocycles. The molecule has 2 heterocycles. The van der Waals surface area contributed by atoms with Crippen LogP contribution in [0.15, 0.2) is 72.8 Å². The molecule has 3 atom stereocenters. The van der Waals surface area contributed by atoms with E-state index in [4.69, 9.17) is 4.74 Å². The second kappa shape index (κ2) is 11.7. The Morgan fingerprint density at radius 3 is 2.37 bits per heavy atom. The molecule has 0 aliphatic carbocycles. The number of aliphatic hydroxyl groups is 1. The number of carbonyl (C=O) groups excluding carboxylic acids is 1. The average molecular weight is 514 g/mol. The van der Waals surface area contributed by atoms with Crippen molar-refractivity contribution in [3.05, 3.63) is 95.3 Å². The quantitative estimate of drug-likeness (QED) is 0.497. The number of anilines is 1. The van der Waals surface area contributed by atoms with Gasteiger partial charge in [0, 0.05) is 47.9 Å². The highest BCUT2D eigenvalue weighted by Gasteiger charge is 2.49. The van der Waals surface area contributed by atoms with Crippen molar-refractivity contribution in [3.63, 3.8) is 0 Å². The highest BCUT2D eigenvalue weighted by molar-refractivity contribution is 5.89. The van der Waals surface area contributed by atoms with Gasteiger partial charge in [-0.1, -0.05) is 30.0 Å². The molecule has 2 aliphatic rings. The van der Waals surface area contributed by atoms with Gasteiger partial charge in [0.05, 0.1) is 13.7 Å². The van der Waals surface area contributed by atoms with Crippen molar-refractivity contribution in [2.45, 2.75) is 30.8 Å². The minimum atomic E-state index is -0.386. The van der Waals surface area contributed by atoms with Gasteiger partial charge in [-0.05, 0) is 79.5 Å². The normalized spacial score (nSPS) is 21.1. The molecule has 0 bridgehead atoms. The van der Waals surface area contributed by atoms with E-state index < -0.39 is 0 Å². The Labute approximate surface area is 223 Å². The van der Waals surface area contributed by atoms with Gasteiger partial charge in [-0.25, -0.2) is 9.18 Å². The first kappa shape index (κ1) is 25.8. The third kappa shape index (κ3) is 5.67. The highest BCUT2D eigenvalue weighted by atomic mass is 19.1. The SMILES string of the molecule is COc1ccc(C#Cc2ccc([C@H]3[C@H]4CN(C(=O)Nc5cccc(F)c5)CCCCN4[C@H]3CO)cc2)cc1. The van der Waals surface area contributed by atoms with Crippen molar-refractivity contribution < 1.29 is 19.0 Å². The van der Waals surface area contributed by atoms with Crippen LogP contribution >= 0.6 is 0 Å². The number of halogens is 1. The van der Waals surface area contributed by atoms with Crippen LogP contribution in [0.25, 0.3) is 0 Å². The zero-order valence-corrected chi connectivity index (χ0v) is 21.4. The molecule has 2 saturated heterocycles. The number of nitrogens with zero attached hydrogens (tertiary/aromatic N) is 2. The van der Waals surface area contributed by atoms with E-state index in [0.29, 0.717) is 18.8 Å². The lowest BCUT2D eigenvalue weighted by molar-refractivity contribution is -0.0585. The Morgan fingerprint density at radius 1 is 1.03 bits per heavy atom. The summed E-state index contributed by atoms with van der Waals surface area (Å²) in [6.07, 6.45) is 1.83. The van der Waals surface area contributed by atoms with Gasteiger partial charge in [-0.3, -0.25) is 4.90 Å². The zero-order valence-electron chi connectivity index (χ0n) is 21.4. The van der Waals surface area contributed by atoms with E-state index in [1.54, 1.807) is 19.2 Å². The number of hydrogen-bond donors (Lipinski definition) is 2. The van der Waals surface area contributed by atoms with Gasteiger partial charge in [0.15, 0.2) is 0 Å². The number of nitrogens with one attached hydrogen (secondary N) is 1. The monoisotopic (exact) mass is 513 g/mol. The third-order valence-electron chi connectivity index (χ3n) is 7.47. The van der Waals surface area contributed by atoms with E-state index in [2.05, 4.69) is 34.2 Å². The molecule has 2 N–H and O–H groups in total. The molecular formula is C31H32FN3O3. The molecule has 0 spiro atoms. The van der Waals surface area contributed by atoms with Gasteiger partial charge in [0.1, 0.15) is 11.6 Å². The van der Waals surface area contributed by atoms with Gasteiger partial charge in [-0.2, -0.15) is 0 Å². The van der Waals surface area contributed by atoms with Crippen LogP contribution in [0.5, 0.6) is 5.75 Å². The largest absolute Gasteiger partial charge is 0.497 e. The maximum absolute atomic E-state index is 13.6. The minimum Gasteiger partial charge on any atom is -0.497 e. The molecule has 6 nitrogen and oxygen atoms in total. The summed E-state index contributed by atoms with van der Waals surface area (Å²) < 4.78 is 18.8. The number of carbonyl (C=O) groups is 1. The van der Waals surface area contributed by atoms with E-state index in [-0.39, 0.29) is 36.5 Å². The Balaban J connectivity index is 1.30. The van der Waals surface area contributed by atoms with E-state index in [9.17, 15) is 14.3 Å². The van der Waals surface area contributed by atoms with Gasteiger partial charge < -0.3 is 20.1 Å². The highest BCUT2D eigenvalue weighted by Crippen LogP contribution is 2.42. The van der Waals surface area contributed by atoms with Gasteiger partial charge >= 0.3 is 6.03 Å². The smallest absolute Gasteiger partial charge is 0.321 e. The Hall–Kier alpha value is -3.86. The fraction of sp³-hybridized carbons (Fsp3) is 0.323. The van der Waals surface area contributed by atoms with Crippen LogP contribution in [0.4, 0.5) is 14.9 Å². The first-order chi connectivity index (χ1) is 18.6. The lowest BCUT2D eigenvalue weighted by atomic mass is 9.74. The van der Waals surface area contributed by atoms with Crippen molar-refractivity contribution in [1.29, 1.82) is 0 Å². The predicted molar refractivity (Wildman–Crippen MR) is 146 cm³/mol. The van der Waals surface area contributed by atoms with Gasteiger partial charge in [0.2, 0.25) is 0 Å². The van der Waals surface area contributed by atoms with Crippen molar-refractivity contribution in [2.24, 2.45) is 0 Å². The predicted octanol–water partition coefficient (Wildman–Crippen LogP) is 4.69. The van der Waals surface area contributed by atoms with Crippen LogP contribution in [-0.4, -0.2) is 66.4 Å². The number of amides is 2. The summed E-state index contributed by atoms with van der Waals surface area (Å²) >= 11 is 0. The fourth-order valence-corrected chi connectivity index (χ4v) is 5.50. The summed E-state index contributed by atoms with van der Waals surface area (Å²) in [5, 5.41) is 13.1. The van der Waals surface area contributed by atoms with Crippen molar-refractivity contribution >= 4 is 11.7 Å². The molecule has 0 saturated carbocycles. The number of rotatable bonds is 4. The average Bonchev–Trinajstić information content (AvgIpc) is 2.92. The Morgan fingerprint density at radius 2 is 1.71 bits per heavy atom. The van der Waals surface area contributed by atoms with E-state index >= 15 is 0 Å². The molecule has 196 valence electrons. The van der Waals surface area contributed by atoms with Crippen molar-refractivity contribution in [1.82, 2.24) is 9.80 Å². The number of aliphatic hydroxyl groups excluding tert-OH is 1. The molecule has 2 fully saturated rings. The topological polar surface area (TPSA) is 65.0 Å². The molecule has 3 aromatic rings. The first-order valence-electron chi connectivity index (χ1n) is 13.0. The first-order valence-corrected chi connectivity index (χ1v) is 13.0. The van der Waals surface area contributed by atoms with Crippen LogP contribution < -0.4 is 10.1 Å². The third-order valence-corrected chi connectivity index (χ3v) is 7.47. The number of urea groups is 1. The van der Waals surface area contributed by atoms with E-state index in [1.807, 2.05) is 41.3 Å². The van der Waals surface area contributed by atoms with Gasteiger partial charge in [-0.15, -0.1) is 0 Å². The molecule has 0 aromatic heterocycles. The van der Waals surface area contributed by atoms with Crippen LogP contribution in [0.1, 0.15) is 35.4 Å². The summed E-state index contributed by atoms with van der Waals surface area (Å²) in [7, 11) is 1.64. The molecule has 0 unspecified atom stereocenters. The fourth-order valence-electron chi connectivity index (χ4n) is 5.50.